The summed E-state index contributed by atoms with van der Waals surface area (Å²) in [6.07, 6.45) is 0. The van der Waals surface area contributed by atoms with E-state index in [4.69, 9.17) is 9.97 Å². The van der Waals surface area contributed by atoms with Crippen LogP contribution in [0.4, 0.5) is 0 Å². The quantitative estimate of drug-likeness (QED) is 0.442. The molecule has 0 aliphatic heterocycles. The van der Waals surface area contributed by atoms with Crippen LogP contribution in [-0.2, 0) is 0 Å². The smallest absolute Gasteiger partial charge is 0.133 e. The van der Waals surface area contributed by atoms with Crippen LogP contribution in [-0.4, -0.2) is 9.97 Å². The van der Waals surface area contributed by atoms with Gasteiger partial charge in [0.15, 0.2) is 0 Å². The summed E-state index contributed by atoms with van der Waals surface area (Å²) >= 11 is 1.76. The van der Waals surface area contributed by atoms with Gasteiger partial charge in [-0.25, -0.2) is 9.97 Å². The minimum Gasteiger partial charge on any atom is -0.232 e. The predicted molar refractivity (Wildman–Crippen MR) is 104 cm³/mol. The monoisotopic (exact) mass is 332 g/mol. The van der Waals surface area contributed by atoms with E-state index in [1.165, 1.54) is 15.5 Å². The lowest BCUT2D eigenvalue weighted by Gasteiger charge is -2.15. The third kappa shape index (κ3) is 2.49. The molecular weight excluding hydrogens is 312 g/mol. The second kappa shape index (κ2) is 5.99. The first-order valence-corrected chi connectivity index (χ1v) is 9.21. The Bertz CT molecular complexity index is 1000. The molecule has 0 amide bonds. The molecule has 0 fully saturated rings. The van der Waals surface area contributed by atoms with Gasteiger partial charge >= 0.3 is 0 Å². The zero-order valence-electron chi connectivity index (χ0n) is 14.2. The van der Waals surface area contributed by atoms with Gasteiger partial charge in [-0.15, -0.1) is 11.3 Å². The largest absolute Gasteiger partial charge is 0.232 e. The minimum atomic E-state index is 0.335. The number of hydrogen-bond acceptors (Lipinski definition) is 3. The minimum absolute atomic E-state index is 0.335. The van der Waals surface area contributed by atoms with Crippen molar-refractivity contribution in [1.29, 1.82) is 0 Å². The molecule has 0 N–H and O–H groups in total. The number of hydrogen-bond donors (Lipinski definition) is 0. The zero-order valence-corrected chi connectivity index (χ0v) is 15.0. The molecule has 3 heteroatoms. The van der Waals surface area contributed by atoms with Crippen LogP contribution in [0.5, 0.6) is 0 Å². The number of fused-ring (bicyclic) bond motifs is 3. The van der Waals surface area contributed by atoms with Crippen molar-refractivity contribution in [2.75, 3.05) is 0 Å². The van der Waals surface area contributed by atoms with Crippen LogP contribution in [0.1, 0.15) is 32.5 Å². The van der Waals surface area contributed by atoms with E-state index >= 15 is 0 Å². The lowest BCUT2D eigenvalue weighted by Crippen LogP contribution is -2.08. The van der Waals surface area contributed by atoms with E-state index in [-0.39, 0.29) is 0 Å². The van der Waals surface area contributed by atoms with Crippen LogP contribution in [0.25, 0.3) is 31.6 Å². The maximum absolute atomic E-state index is 5.01. The summed E-state index contributed by atoms with van der Waals surface area (Å²) in [6, 6.07) is 19.0. The van der Waals surface area contributed by atoms with Crippen molar-refractivity contribution in [3.05, 3.63) is 60.4 Å². The van der Waals surface area contributed by atoms with Crippen molar-refractivity contribution in [3.8, 4) is 11.3 Å². The molecule has 4 aromatic rings. The van der Waals surface area contributed by atoms with E-state index < -0.39 is 0 Å². The molecule has 4 rings (SSSR count). The molecule has 0 aliphatic rings. The number of benzene rings is 2. The van der Waals surface area contributed by atoms with Gasteiger partial charge < -0.3 is 0 Å². The van der Waals surface area contributed by atoms with Crippen LogP contribution in [0.3, 0.4) is 0 Å². The Morgan fingerprint density at radius 1 is 0.833 bits per heavy atom. The lowest BCUT2D eigenvalue weighted by atomic mass is 9.96. The van der Waals surface area contributed by atoms with E-state index in [2.05, 4.69) is 69.3 Å². The van der Waals surface area contributed by atoms with E-state index in [1.807, 2.05) is 6.07 Å². The molecule has 2 heterocycles. The Balaban J connectivity index is 2.09. The fraction of sp³-hybridized carbons (Fsp3) is 0.238. The Hall–Kier alpha value is -2.26. The third-order valence-corrected chi connectivity index (χ3v) is 5.78. The first kappa shape index (κ1) is 15.3. The van der Waals surface area contributed by atoms with E-state index in [9.17, 15) is 0 Å². The normalized spacial score (nSPS) is 13.0. The Morgan fingerprint density at radius 3 is 2.29 bits per heavy atom. The summed E-state index contributed by atoms with van der Waals surface area (Å²) < 4.78 is 1.27. The van der Waals surface area contributed by atoms with E-state index in [1.54, 1.807) is 11.3 Å². The summed E-state index contributed by atoms with van der Waals surface area (Å²) in [6.45, 7) is 6.67. The fourth-order valence-corrected chi connectivity index (χ4v) is 4.03. The highest BCUT2D eigenvalue weighted by Gasteiger charge is 2.19. The predicted octanol–water partition coefficient (Wildman–Crippen LogP) is 6.27. The fourth-order valence-electron chi connectivity index (χ4n) is 2.95. The van der Waals surface area contributed by atoms with Crippen LogP contribution < -0.4 is 0 Å². The molecule has 0 saturated carbocycles. The molecule has 2 nitrogen and oxygen atoms in total. The molecule has 0 saturated heterocycles. The van der Waals surface area contributed by atoms with Crippen molar-refractivity contribution in [2.24, 2.45) is 5.92 Å². The molecule has 0 bridgehead atoms. The highest BCUT2D eigenvalue weighted by atomic mass is 32.1. The highest BCUT2D eigenvalue weighted by molar-refractivity contribution is 7.25. The van der Waals surface area contributed by atoms with Gasteiger partial charge in [-0.3, -0.25) is 0 Å². The van der Waals surface area contributed by atoms with Gasteiger partial charge in [0.25, 0.3) is 0 Å². The second-order valence-electron chi connectivity index (χ2n) is 6.61. The maximum atomic E-state index is 5.01. The van der Waals surface area contributed by atoms with Gasteiger partial charge in [0, 0.05) is 27.0 Å². The molecule has 0 spiro atoms. The van der Waals surface area contributed by atoms with Crippen molar-refractivity contribution >= 4 is 31.6 Å². The molecule has 24 heavy (non-hydrogen) atoms. The highest BCUT2D eigenvalue weighted by Crippen LogP contribution is 2.39. The molecule has 0 aliphatic carbocycles. The average Bonchev–Trinajstić information content (AvgIpc) is 2.99. The zero-order chi connectivity index (χ0) is 16.7. The van der Waals surface area contributed by atoms with Crippen molar-refractivity contribution in [2.45, 2.75) is 26.7 Å². The van der Waals surface area contributed by atoms with Gasteiger partial charge in [0.05, 0.1) is 5.69 Å². The molecule has 0 radical (unpaired) electrons. The number of rotatable bonds is 3. The molecular formula is C21H20N2S. The first-order chi connectivity index (χ1) is 11.6. The van der Waals surface area contributed by atoms with Crippen LogP contribution in [0.2, 0.25) is 0 Å². The van der Waals surface area contributed by atoms with Gasteiger partial charge in [-0.2, -0.15) is 0 Å². The molecule has 1 unspecified atom stereocenters. The Labute approximate surface area is 146 Å². The summed E-state index contributed by atoms with van der Waals surface area (Å²) in [5.41, 5.74) is 2.21. The summed E-state index contributed by atoms with van der Waals surface area (Å²) in [7, 11) is 0. The van der Waals surface area contributed by atoms with Gasteiger partial charge in [-0.05, 0) is 12.0 Å². The first-order valence-electron chi connectivity index (χ1n) is 8.39. The van der Waals surface area contributed by atoms with Crippen molar-refractivity contribution < 1.29 is 0 Å². The van der Waals surface area contributed by atoms with E-state index in [0.717, 1.165) is 21.9 Å². The topological polar surface area (TPSA) is 25.8 Å². The molecule has 2 aromatic carbocycles. The van der Waals surface area contributed by atoms with E-state index in [0.29, 0.717) is 11.8 Å². The molecule has 120 valence electrons. The Morgan fingerprint density at radius 2 is 1.54 bits per heavy atom. The third-order valence-electron chi connectivity index (χ3n) is 4.71. The maximum Gasteiger partial charge on any atom is 0.133 e. The molecule has 1 atom stereocenters. The number of nitrogens with zero attached hydrogens (tertiary/aromatic N) is 2. The van der Waals surface area contributed by atoms with Crippen molar-refractivity contribution in [3.63, 3.8) is 0 Å². The standard InChI is InChI=1S/C21H20N2S/c1-13(2)14(3)20-22-19(15-9-5-4-6-10-15)18-16-11-7-8-12-17(16)24-21(18)23-20/h4-14H,1-3H3. The van der Waals surface area contributed by atoms with Gasteiger partial charge in [-0.1, -0.05) is 69.3 Å². The van der Waals surface area contributed by atoms with Crippen molar-refractivity contribution in [1.82, 2.24) is 9.97 Å². The van der Waals surface area contributed by atoms with Crippen LogP contribution >= 0.6 is 11.3 Å². The average molecular weight is 332 g/mol. The summed E-state index contributed by atoms with van der Waals surface area (Å²) in [5.74, 6) is 1.80. The van der Waals surface area contributed by atoms with Crippen LogP contribution in [0, 0.1) is 5.92 Å². The molecule has 2 aromatic heterocycles. The Kier molecular flexibility index (Phi) is 3.81. The van der Waals surface area contributed by atoms with Gasteiger partial charge in [0.2, 0.25) is 0 Å². The number of thiophene rings is 1. The number of aromatic nitrogens is 2. The summed E-state index contributed by atoms with van der Waals surface area (Å²) in [5, 5.41) is 2.43. The van der Waals surface area contributed by atoms with Gasteiger partial charge in [0.1, 0.15) is 10.7 Å². The van der Waals surface area contributed by atoms with Crippen LogP contribution in [0.15, 0.2) is 54.6 Å². The lowest BCUT2D eigenvalue weighted by molar-refractivity contribution is 0.512. The second-order valence-corrected chi connectivity index (χ2v) is 7.64. The summed E-state index contributed by atoms with van der Waals surface area (Å²) in [4.78, 5) is 11.0. The SMILES string of the molecule is CC(C)C(C)c1nc(-c2ccccc2)c2c(n1)sc1ccccc12.